The molecule has 1 aliphatic heterocycles. The molecule has 3 amide bonds. The number of nitrogens with one attached hydrogen (secondary N) is 1. The second-order valence-corrected chi connectivity index (χ2v) is 8.02. The number of rotatable bonds is 4. The molecule has 1 N–H and O–H groups in total. The number of piperazine rings is 1. The molecule has 0 unspecified atom stereocenters. The third kappa shape index (κ3) is 7.95. The summed E-state index contributed by atoms with van der Waals surface area (Å²) in [5, 5.41) is 2.45. The van der Waals surface area contributed by atoms with Crippen LogP contribution in [0.15, 0.2) is 30.3 Å². The van der Waals surface area contributed by atoms with Crippen molar-refractivity contribution in [1.29, 1.82) is 0 Å². The normalized spacial score (nSPS) is 15.2. The van der Waals surface area contributed by atoms with Crippen molar-refractivity contribution < 1.29 is 32.3 Å². The van der Waals surface area contributed by atoms with Gasteiger partial charge in [0.05, 0.1) is 12.1 Å². The Labute approximate surface area is 178 Å². The summed E-state index contributed by atoms with van der Waals surface area (Å²) in [7, 11) is 0. The first-order valence-corrected chi connectivity index (χ1v) is 9.74. The highest BCUT2D eigenvalue weighted by Crippen LogP contribution is 2.29. The number of carbonyl (C=O) groups is 3. The molecule has 0 saturated carbocycles. The maximum atomic E-state index is 12.5. The predicted octanol–water partition coefficient (Wildman–Crippen LogP) is 2.91. The van der Waals surface area contributed by atoms with Gasteiger partial charge in [0.15, 0.2) is 0 Å². The molecular formula is C21H26F3N3O4. The van der Waals surface area contributed by atoms with E-state index in [4.69, 9.17) is 4.74 Å². The van der Waals surface area contributed by atoms with E-state index in [9.17, 15) is 27.6 Å². The number of hydrogen-bond donors (Lipinski definition) is 1. The van der Waals surface area contributed by atoms with Crippen molar-refractivity contribution in [2.24, 2.45) is 0 Å². The predicted molar refractivity (Wildman–Crippen MR) is 108 cm³/mol. The molecule has 10 heteroatoms. The minimum atomic E-state index is -4.42. The quantitative estimate of drug-likeness (QED) is 0.729. The molecule has 0 spiro atoms. The van der Waals surface area contributed by atoms with Crippen LogP contribution in [0.3, 0.4) is 0 Å². The van der Waals surface area contributed by atoms with E-state index in [0.717, 1.165) is 18.2 Å². The smallest absolute Gasteiger partial charge is 0.416 e. The number of amides is 3. The Bertz CT molecular complexity index is 822. The lowest BCUT2D eigenvalue weighted by Crippen LogP contribution is -2.53. The van der Waals surface area contributed by atoms with Crippen LogP contribution in [0.4, 0.5) is 18.0 Å². The average molecular weight is 441 g/mol. The number of hydrogen-bond acceptors (Lipinski definition) is 4. The molecule has 170 valence electrons. The Hall–Kier alpha value is -3.04. The van der Waals surface area contributed by atoms with Gasteiger partial charge < -0.3 is 19.9 Å². The highest BCUT2D eigenvalue weighted by atomic mass is 19.4. The Balaban J connectivity index is 1.75. The van der Waals surface area contributed by atoms with Crippen LogP contribution in [0.2, 0.25) is 0 Å². The minimum absolute atomic E-state index is 0.220. The number of ether oxygens (including phenoxy) is 1. The molecule has 0 radical (unpaired) electrons. The monoisotopic (exact) mass is 441 g/mol. The van der Waals surface area contributed by atoms with Crippen LogP contribution < -0.4 is 5.32 Å². The minimum Gasteiger partial charge on any atom is -0.444 e. The highest BCUT2D eigenvalue weighted by Gasteiger charge is 2.30. The van der Waals surface area contributed by atoms with E-state index in [-0.39, 0.29) is 12.5 Å². The largest absolute Gasteiger partial charge is 0.444 e. The summed E-state index contributed by atoms with van der Waals surface area (Å²) in [6.07, 6.45) is -2.34. The van der Waals surface area contributed by atoms with Gasteiger partial charge in [-0.05, 0) is 44.5 Å². The standard InChI is InChI=1S/C21H26F3N3O4/c1-20(2,3)31-19(30)27-12-10-26(11-13-27)18(29)14-25-17(28)9-6-15-4-7-16(8-5-15)21(22,23)24/h4-9H,10-14H2,1-3H3,(H,25,28)/b9-6+. The van der Waals surface area contributed by atoms with Crippen molar-refractivity contribution in [2.45, 2.75) is 32.5 Å². The first-order chi connectivity index (χ1) is 14.3. The van der Waals surface area contributed by atoms with Crippen LogP contribution in [-0.2, 0) is 20.5 Å². The maximum absolute atomic E-state index is 12.5. The van der Waals surface area contributed by atoms with E-state index in [1.807, 2.05) is 0 Å². The molecule has 31 heavy (non-hydrogen) atoms. The lowest BCUT2D eigenvalue weighted by atomic mass is 10.1. The van der Waals surface area contributed by atoms with E-state index < -0.39 is 29.3 Å². The molecule has 1 aliphatic rings. The fourth-order valence-corrected chi connectivity index (χ4v) is 2.75. The number of alkyl halides is 3. The molecule has 0 atom stereocenters. The van der Waals surface area contributed by atoms with Gasteiger partial charge >= 0.3 is 12.3 Å². The second kappa shape index (κ2) is 9.84. The first-order valence-electron chi connectivity index (χ1n) is 9.74. The van der Waals surface area contributed by atoms with Crippen LogP contribution in [0, 0.1) is 0 Å². The zero-order valence-electron chi connectivity index (χ0n) is 17.7. The zero-order chi connectivity index (χ0) is 23.2. The molecule has 7 nitrogen and oxygen atoms in total. The summed E-state index contributed by atoms with van der Waals surface area (Å²) in [6.45, 7) is 6.44. The SMILES string of the molecule is CC(C)(C)OC(=O)N1CCN(C(=O)CNC(=O)/C=C/c2ccc(C(F)(F)F)cc2)CC1. The van der Waals surface area contributed by atoms with Crippen molar-refractivity contribution in [2.75, 3.05) is 32.7 Å². The third-order valence-corrected chi connectivity index (χ3v) is 4.36. The van der Waals surface area contributed by atoms with Gasteiger partial charge in [0, 0.05) is 32.3 Å². The third-order valence-electron chi connectivity index (χ3n) is 4.36. The summed E-state index contributed by atoms with van der Waals surface area (Å²) in [5.74, 6) is -0.833. The van der Waals surface area contributed by atoms with Crippen molar-refractivity contribution in [3.05, 3.63) is 41.5 Å². The summed E-state index contributed by atoms with van der Waals surface area (Å²) < 4.78 is 42.9. The molecule has 1 saturated heterocycles. The van der Waals surface area contributed by atoms with Gasteiger partial charge in [-0.15, -0.1) is 0 Å². The van der Waals surface area contributed by atoms with Crippen LogP contribution in [-0.4, -0.2) is 66.0 Å². The van der Waals surface area contributed by atoms with Crippen molar-refractivity contribution >= 4 is 24.0 Å². The molecule has 1 aromatic carbocycles. The number of nitrogens with zero attached hydrogens (tertiary/aromatic N) is 2. The molecule has 0 bridgehead atoms. The zero-order valence-corrected chi connectivity index (χ0v) is 17.7. The van der Waals surface area contributed by atoms with Crippen molar-refractivity contribution in [3.63, 3.8) is 0 Å². The molecular weight excluding hydrogens is 415 g/mol. The number of halogens is 3. The molecule has 2 rings (SSSR count). The summed E-state index contributed by atoms with van der Waals surface area (Å²) in [5.41, 5.74) is -0.943. The Kier molecular flexibility index (Phi) is 7.70. The van der Waals surface area contributed by atoms with E-state index in [1.54, 1.807) is 25.7 Å². The average Bonchev–Trinajstić information content (AvgIpc) is 2.69. The van der Waals surface area contributed by atoms with Crippen molar-refractivity contribution in [3.8, 4) is 0 Å². The van der Waals surface area contributed by atoms with Gasteiger partial charge in [0.1, 0.15) is 5.60 Å². The van der Waals surface area contributed by atoms with Crippen LogP contribution in [0.5, 0.6) is 0 Å². The van der Waals surface area contributed by atoms with E-state index in [2.05, 4.69) is 5.32 Å². The van der Waals surface area contributed by atoms with Crippen LogP contribution >= 0.6 is 0 Å². The molecule has 1 aromatic rings. The highest BCUT2D eigenvalue weighted by molar-refractivity contribution is 5.94. The molecule has 0 aromatic heterocycles. The summed E-state index contributed by atoms with van der Waals surface area (Å²) >= 11 is 0. The summed E-state index contributed by atoms with van der Waals surface area (Å²) in [4.78, 5) is 39.3. The lowest BCUT2D eigenvalue weighted by Gasteiger charge is -2.35. The number of carbonyl (C=O) groups excluding carboxylic acids is 3. The molecule has 0 aliphatic carbocycles. The van der Waals surface area contributed by atoms with Gasteiger partial charge in [-0.2, -0.15) is 13.2 Å². The van der Waals surface area contributed by atoms with Gasteiger partial charge in [0.25, 0.3) is 0 Å². The fraction of sp³-hybridized carbons (Fsp3) is 0.476. The van der Waals surface area contributed by atoms with Crippen LogP contribution in [0.25, 0.3) is 6.08 Å². The Morgan fingerprint density at radius 2 is 1.55 bits per heavy atom. The first kappa shape index (κ1) is 24.2. The van der Waals surface area contributed by atoms with Gasteiger partial charge in [-0.25, -0.2) is 4.79 Å². The Morgan fingerprint density at radius 1 is 1.00 bits per heavy atom. The summed E-state index contributed by atoms with van der Waals surface area (Å²) in [6, 6.07) is 4.36. The van der Waals surface area contributed by atoms with Gasteiger partial charge in [0.2, 0.25) is 11.8 Å². The van der Waals surface area contributed by atoms with E-state index in [1.165, 1.54) is 23.1 Å². The van der Waals surface area contributed by atoms with Gasteiger partial charge in [-0.3, -0.25) is 9.59 Å². The lowest BCUT2D eigenvalue weighted by molar-refractivity contribution is -0.137. The topological polar surface area (TPSA) is 79.0 Å². The van der Waals surface area contributed by atoms with Crippen LogP contribution in [0.1, 0.15) is 31.9 Å². The van der Waals surface area contributed by atoms with Gasteiger partial charge in [-0.1, -0.05) is 12.1 Å². The number of benzene rings is 1. The molecule has 1 heterocycles. The van der Waals surface area contributed by atoms with Crippen molar-refractivity contribution in [1.82, 2.24) is 15.1 Å². The second-order valence-electron chi connectivity index (χ2n) is 8.02. The maximum Gasteiger partial charge on any atom is 0.416 e. The Morgan fingerprint density at radius 3 is 2.06 bits per heavy atom. The molecule has 1 fully saturated rings. The van der Waals surface area contributed by atoms with E-state index >= 15 is 0 Å². The van der Waals surface area contributed by atoms with E-state index in [0.29, 0.717) is 31.7 Å². The fourth-order valence-electron chi connectivity index (χ4n) is 2.75.